The molecule has 0 aliphatic carbocycles. The highest BCUT2D eigenvalue weighted by atomic mass is 16.1. The van der Waals surface area contributed by atoms with E-state index in [0.717, 1.165) is 17.0 Å². The summed E-state index contributed by atoms with van der Waals surface area (Å²) in [5.74, 6) is 1.78. The third kappa shape index (κ3) is 1.53. The lowest BCUT2D eigenvalue weighted by molar-refractivity contribution is 0.565. The fraction of sp³-hybridized carbons (Fsp3) is 0.333. The highest BCUT2D eigenvalue weighted by Gasteiger charge is 2.13. The Labute approximate surface area is 93.7 Å². The lowest BCUT2D eigenvalue weighted by Crippen LogP contribution is -1.97. The first-order valence-corrected chi connectivity index (χ1v) is 5.21. The first kappa shape index (κ1) is 10.6. The molecule has 0 saturated carbocycles. The molecule has 2 heterocycles. The molecule has 0 radical (unpaired) electrons. The van der Waals surface area contributed by atoms with Crippen molar-refractivity contribution in [1.82, 2.24) is 9.38 Å². The number of nitrogens with zero attached hydrogens (tertiary/aromatic N) is 3. The van der Waals surface area contributed by atoms with Crippen molar-refractivity contribution in [2.24, 2.45) is 4.99 Å². The summed E-state index contributed by atoms with van der Waals surface area (Å²) in [5, 5.41) is 0. The van der Waals surface area contributed by atoms with Crippen LogP contribution in [0.2, 0.25) is 0 Å². The molecule has 2 aromatic heterocycles. The van der Waals surface area contributed by atoms with E-state index >= 15 is 0 Å². The summed E-state index contributed by atoms with van der Waals surface area (Å²) in [6.45, 7) is 6.08. The molecule has 4 heteroatoms. The smallest absolute Gasteiger partial charge is 0.242 e. The zero-order valence-electron chi connectivity index (χ0n) is 9.56. The average molecular weight is 215 g/mol. The van der Waals surface area contributed by atoms with Gasteiger partial charge in [-0.3, -0.25) is 4.40 Å². The molecule has 2 rings (SSSR count). The van der Waals surface area contributed by atoms with Crippen LogP contribution in [-0.4, -0.2) is 15.5 Å². The zero-order valence-corrected chi connectivity index (χ0v) is 9.56. The van der Waals surface area contributed by atoms with Gasteiger partial charge in [-0.15, -0.1) is 4.99 Å². The molecule has 0 N–H and O–H groups in total. The minimum absolute atomic E-state index is 0.282. The van der Waals surface area contributed by atoms with Crippen LogP contribution in [0.1, 0.15) is 31.3 Å². The third-order valence-corrected chi connectivity index (χ3v) is 2.53. The first-order chi connectivity index (χ1) is 7.65. The van der Waals surface area contributed by atoms with Crippen molar-refractivity contribution in [3.8, 4) is 0 Å². The van der Waals surface area contributed by atoms with Gasteiger partial charge in [-0.25, -0.2) is 9.78 Å². The lowest BCUT2D eigenvalue weighted by atomic mass is 10.2. The van der Waals surface area contributed by atoms with E-state index in [1.165, 1.54) is 0 Å². The second-order valence-electron chi connectivity index (χ2n) is 4.02. The molecular formula is C12H13N3O. The van der Waals surface area contributed by atoms with Gasteiger partial charge in [0.05, 0.1) is 11.2 Å². The number of pyridine rings is 1. The summed E-state index contributed by atoms with van der Waals surface area (Å²) in [6, 6.07) is 5.62. The number of aliphatic imine (C=N–C) groups is 1. The molecule has 82 valence electrons. The van der Waals surface area contributed by atoms with E-state index in [1.54, 1.807) is 12.1 Å². The molecule has 0 aliphatic rings. The molecule has 0 saturated heterocycles. The number of isocyanates is 1. The number of imidazole rings is 1. The number of fused-ring (bicyclic) bond motifs is 1. The highest BCUT2D eigenvalue weighted by Crippen LogP contribution is 2.24. The van der Waals surface area contributed by atoms with Gasteiger partial charge in [-0.1, -0.05) is 19.9 Å². The first-order valence-electron chi connectivity index (χ1n) is 5.21. The molecule has 16 heavy (non-hydrogen) atoms. The Morgan fingerprint density at radius 3 is 2.81 bits per heavy atom. The lowest BCUT2D eigenvalue weighted by Gasteiger charge is -2.05. The van der Waals surface area contributed by atoms with Crippen molar-refractivity contribution in [1.29, 1.82) is 0 Å². The molecule has 4 nitrogen and oxygen atoms in total. The summed E-state index contributed by atoms with van der Waals surface area (Å²) in [4.78, 5) is 18.6. The van der Waals surface area contributed by atoms with E-state index in [0.29, 0.717) is 5.82 Å². The number of aryl methyl sites for hydroxylation is 1. The molecular weight excluding hydrogens is 202 g/mol. The van der Waals surface area contributed by atoms with E-state index < -0.39 is 0 Å². The Bertz CT molecular complexity index is 577. The minimum atomic E-state index is 0.282. The zero-order chi connectivity index (χ0) is 11.7. The predicted octanol–water partition coefficient (Wildman–Crippen LogP) is 2.73. The normalized spacial score (nSPS) is 10.8. The Hall–Kier alpha value is -1.93. The average Bonchev–Trinajstić information content (AvgIpc) is 2.58. The summed E-state index contributed by atoms with van der Waals surface area (Å²) >= 11 is 0. The van der Waals surface area contributed by atoms with Crippen molar-refractivity contribution in [2.75, 3.05) is 0 Å². The third-order valence-electron chi connectivity index (χ3n) is 2.53. The molecule has 0 amide bonds. The van der Waals surface area contributed by atoms with Crippen molar-refractivity contribution in [3.05, 3.63) is 29.7 Å². The van der Waals surface area contributed by atoms with E-state index in [9.17, 15) is 4.79 Å². The standard InChI is InChI=1S/C12H13N3O/c1-8(2)12-14-9(3)10-5-4-6-11(13-7-16)15(10)12/h4-6,8H,1-3H3. The van der Waals surface area contributed by atoms with Gasteiger partial charge in [-0.05, 0) is 19.1 Å². The fourth-order valence-corrected chi connectivity index (χ4v) is 1.82. The Balaban J connectivity index is 2.87. The number of hydrogen-bond acceptors (Lipinski definition) is 3. The molecule has 0 bridgehead atoms. The molecule has 0 unspecified atom stereocenters. The maximum atomic E-state index is 10.4. The molecule has 0 spiro atoms. The number of rotatable bonds is 2. The van der Waals surface area contributed by atoms with Crippen molar-refractivity contribution in [2.45, 2.75) is 26.7 Å². The van der Waals surface area contributed by atoms with Gasteiger partial charge in [0.2, 0.25) is 6.08 Å². The van der Waals surface area contributed by atoms with Crippen LogP contribution in [0.25, 0.3) is 5.52 Å². The Morgan fingerprint density at radius 1 is 1.44 bits per heavy atom. The van der Waals surface area contributed by atoms with Gasteiger partial charge in [0.1, 0.15) is 5.82 Å². The van der Waals surface area contributed by atoms with Gasteiger partial charge in [0.25, 0.3) is 0 Å². The fourth-order valence-electron chi connectivity index (χ4n) is 1.82. The highest BCUT2D eigenvalue weighted by molar-refractivity contribution is 5.59. The van der Waals surface area contributed by atoms with Gasteiger partial charge in [-0.2, -0.15) is 0 Å². The van der Waals surface area contributed by atoms with Crippen LogP contribution in [-0.2, 0) is 4.79 Å². The minimum Gasteiger partial charge on any atom is -0.280 e. The maximum Gasteiger partial charge on any atom is 0.242 e. The molecule has 0 fully saturated rings. The molecule has 0 aromatic carbocycles. The summed E-state index contributed by atoms with van der Waals surface area (Å²) in [6.07, 6.45) is 1.58. The maximum absolute atomic E-state index is 10.4. The van der Waals surface area contributed by atoms with E-state index in [-0.39, 0.29) is 5.92 Å². The molecule has 2 aromatic rings. The molecule has 0 aliphatic heterocycles. The van der Waals surface area contributed by atoms with Gasteiger partial charge in [0, 0.05) is 5.92 Å². The second kappa shape index (κ2) is 3.91. The van der Waals surface area contributed by atoms with Crippen molar-refractivity contribution in [3.63, 3.8) is 0 Å². The van der Waals surface area contributed by atoms with Crippen LogP contribution in [0.4, 0.5) is 5.82 Å². The summed E-state index contributed by atoms with van der Waals surface area (Å²) in [7, 11) is 0. The summed E-state index contributed by atoms with van der Waals surface area (Å²) in [5.41, 5.74) is 1.94. The second-order valence-corrected chi connectivity index (χ2v) is 4.02. The number of aromatic nitrogens is 2. The van der Waals surface area contributed by atoms with Crippen LogP contribution in [0.5, 0.6) is 0 Å². The van der Waals surface area contributed by atoms with Crippen LogP contribution in [0.15, 0.2) is 23.2 Å². The van der Waals surface area contributed by atoms with Gasteiger partial charge >= 0.3 is 0 Å². The van der Waals surface area contributed by atoms with Crippen molar-refractivity contribution >= 4 is 17.4 Å². The predicted molar refractivity (Wildman–Crippen MR) is 61.8 cm³/mol. The Kier molecular flexibility index (Phi) is 2.59. The van der Waals surface area contributed by atoms with E-state index in [1.807, 2.05) is 23.5 Å². The Morgan fingerprint density at radius 2 is 2.19 bits per heavy atom. The van der Waals surface area contributed by atoms with Gasteiger partial charge in [0.15, 0.2) is 5.82 Å². The van der Waals surface area contributed by atoms with Crippen LogP contribution >= 0.6 is 0 Å². The van der Waals surface area contributed by atoms with Crippen LogP contribution < -0.4 is 0 Å². The van der Waals surface area contributed by atoms with E-state index in [2.05, 4.69) is 23.8 Å². The van der Waals surface area contributed by atoms with E-state index in [4.69, 9.17) is 0 Å². The van der Waals surface area contributed by atoms with Crippen LogP contribution in [0, 0.1) is 6.92 Å². The topological polar surface area (TPSA) is 46.7 Å². The molecule has 0 atom stereocenters. The van der Waals surface area contributed by atoms with Crippen molar-refractivity contribution < 1.29 is 4.79 Å². The van der Waals surface area contributed by atoms with Crippen LogP contribution in [0.3, 0.4) is 0 Å². The van der Waals surface area contributed by atoms with Gasteiger partial charge < -0.3 is 0 Å². The number of hydrogen-bond donors (Lipinski definition) is 0. The largest absolute Gasteiger partial charge is 0.280 e. The monoisotopic (exact) mass is 215 g/mol. The quantitative estimate of drug-likeness (QED) is 0.571. The number of carbonyl (C=O) groups excluding carboxylic acids is 1. The summed E-state index contributed by atoms with van der Waals surface area (Å²) < 4.78 is 1.91. The SMILES string of the molecule is Cc1nc(C(C)C)n2c(N=C=O)cccc12.